The fourth-order valence-electron chi connectivity index (χ4n) is 4.52. The molecule has 0 aromatic heterocycles. The number of benzene rings is 1. The van der Waals surface area contributed by atoms with Gasteiger partial charge in [-0.15, -0.1) is 0 Å². The molecule has 1 N–H and O–H groups in total. The Hall–Kier alpha value is -1.96. The first-order valence-corrected chi connectivity index (χ1v) is 13.6. The maximum atomic E-state index is 13.2. The number of unbranched alkanes of at least 4 members (excludes halogenated alkanes) is 1. The molecule has 0 bridgehead atoms. The summed E-state index contributed by atoms with van der Waals surface area (Å²) >= 11 is 0. The van der Waals surface area contributed by atoms with Gasteiger partial charge in [-0.1, -0.05) is 13.3 Å². The summed E-state index contributed by atoms with van der Waals surface area (Å²) in [5.74, 6) is 0.0529. The average Bonchev–Trinajstić information content (AvgIpc) is 2.82. The Labute approximate surface area is 204 Å². The molecule has 0 radical (unpaired) electrons. The van der Waals surface area contributed by atoms with Gasteiger partial charge in [0.15, 0.2) is 0 Å². The highest BCUT2D eigenvalue weighted by molar-refractivity contribution is 7.89. The van der Waals surface area contributed by atoms with Crippen molar-refractivity contribution in [3.63, 3.8) is 0 Å². The Morgan fingerprint density at radius 3 is 2.20 bits per heavy atom. The maximum Gasteiger partial charge on any atom is 0.423 e. The standard InChI is InChI=1S/C22H34F3N5O4S/c1-2-3-8-27-11-13-28(14-12-27)15-16-35(33,34)29-9-6-18(7-10-29)26-19-4-5-21(30(31)32)20(17-19)22(23,24)25/h4-5,17-18,26H,2-3,6-16H2,1H3. The summed E-state index contributed by atoms with van der Waals surface area (Å²) in [6.07, 6.45) is -1.64. The van der Waals surface area contributed by atoms with Crippen LogP contribution in [0.15, 0.2) is 18.2 Å². The molecule has 1 aromatic rings. The second kappa shape index (κ2) is 11.8. The largest absolute Gasteiger partial charge is 0.423 e. The van der Waals surface area contributed by atoms with Crippen LogP contribution in [0.25, 0.3) is 0 Å². The Kier molecular flexibility index (Phi) is 9.35. The third-order valence-corrected chi connectivity index (χ3v) is 8.53. The summed E-state index contributed by atoms with van der Waals surface area (Å²) in [4.78, 5) is 14.5. The van der Waals surface area contributed by atoms with Gasteiger partial charge in [-0.05, 0) is 37.9 Å². The van der Waals surface area contributed by atoms with E-state index in [1.165, 1.54) is 16.8 Å². The smallest absolute Gasteiger partial charge is 0.382 e. The number of nitrogens with one attached hydrogen (secondary N) is 1. The zero-order valence-electron chi connectivity index (χ0n) is 20.0. The minimum absolute atomic E-state index is 0.0529. The number of nitro benzene ring substituents is 1. The van der Waals surface area contributed by atoms with Crippen LogP contribution >= 0.6 is 0 Å². The van der Waals surface area contributed by atoms with Crippen molar-refractivity contribution >= 4 is 21.4 Å². The number of alkyl halides is 3. The number of hydrogen-bond donors (Lipinski definition) is 1. The molecule has 2 saturated heterocycles. The van der Waals surface area contributed by atoms with Crippen LogP contribution in [0, 0.1) is 10.1 Å². The lowest BCUT2D eigenvalue weighted by molar-refractivity contribution is -0.388. The van der Waals surface area contributed by atoms with Crippen LogP contribution in [0.4, 0.5) is 24.5 Å². The predicted molar refractivity (Wildman–Crippen MR) is 128 cm³/mol. The second-order valence-corrected chi connectivity index (χ2v) is 11.2. The van der Waals surface area contributed by atoms with E-state index in [0.29, 0.717) is 19.4 Å². The molecule has 9 nitrogen and oxygen atoms in total. The Balaban J connectivity index is 1.47. The molecule has 0 saturated carbocycles. The Morgan fingerprint density at radius 1 is 1.06 bits per heavy atom. The number of hydrogen-bond acceptors (Lipinski definition) is 7. The SMILES string of the molecule is CCCCN1CCN(CCS(=O)(=O)N2CCC(Nc3ccc([N+](=O)[O-])c(C(F)(F)F)c3)CC2)CC1. The number of rotatable bonds is 10. The summed E-state index contributed by atoms with van der Waals surface area (Å²) in [6.45, 7) is 7.94. The Morgan fingerprint density at radius 2 is 1.66 bits per heavy atom. The molecule has 3 rings (SSSR count). The molecule has 0 amide bonds. The molecule has 2 aliphatic heterocycles. The van der Waals surface area contributed by atoms with E-state index in [2.05, 4.69) is 22.0 Å². The van der Waals surface area contributed by atoms with Gasteiger partial charge in [-0.25, -0.2) is 12.7 Å². The second-order valence-electron chi connectivity index (χ2n) is 9.16. The van der Waals surface area contributed by atoms with Gasteiger partial charge >= 0.3 is 6.18 Å². The van der Waals surface area contributed by atoms with Crippen molar-refractivity contribution in [3.8, 4) is 0 Å². The number of piperidine rings is 1. The van der Waals surface area contributed by atoms with Gasteiger partial charge < -0.3 is 10.2 Å². The highest BCUT2D eigenvalue weighted by Gasteiger charge is 2.38. The van der Waals surface area contributed by atoms with E-state index in [4.69, 9.17) is 0 Å². The first-order chi connectivity index (χ1) is 16.5. The predicted octanol–water partition coefficient (Wildman–Crippen LogP) is 3.24. The van der Waals surface area contributed by atoms with Crippen LogP contribution in [0.3, 0.4) is 0 Å². The van der Waals surface area contributed by atoms with Crippen LogP contribution in [0.1, 0.15) is 38.2 Å². The molecule has 1 aromatic carbocycles. The fourth-order valence-corrected chi connectivity index (χ4v) is 6.03. The van der Waals surface area contributed by atoms with Gasteiger partial charge in [0.05, 0.1) is 10.7 Å². The lowest BCUT2D eigenvalue weighted by Gasteiger charge is -2.36. The van der Waals surface area contributed by atoms with Gasteiger partial charge in [0, 0.05) is 63.6 Å². The molecule has 2 fully saturated rings. The quantitative estimate of drug-likeness (QED) is 0.373. The summed E-state index contributed by atoms with van der Waals surface area (Å²) in [5, 5.41) is 13.9. The highest BCUT2D eigenvalue weighted by Crippen LogP contribution is 2.38. The molecule has 0 atom stereocenters. The number of piperazine rings is 1. The zero-order valence-corrected chi connectivity index (χ0v) is 20.8. The number of nitrogens with zero attached hydrogens (tertiary/aromatic N) is 4. The summed E-state index contributed by atoms with van der Waals surface area (Å²) in [6, 6.07) is 2.61. The zero-order chi connectivity index (χ0) is 25.6. The molecule has 2 heterocycles. The number of anilines is 1. The monoisotopic (exact) mass is 521 g/mol. The maximum absolute atomic E-state index is 13.2. The highest BCUT2D eigenvalue weighted by atomic mass is 32.2. The molecule has 0 spiro atoms. The van der Waals surface area contributed by atoms with E-state index in [9.17, 15) is 31.7 Å². The third kappa shape index (κ3) is 7.76. The summed E-state index contributed by atoms with van der Waals surface area (Å²) in [7, 11) is -3.42. The third-order valence-electron chi connectivity index (χ3n) is 6.68. The first kappa shape index (κ1) is 27.6. The number of sulfonamides is 1. The van der Waals surface area contributed by atoms with E-state index in [-0.39, 0.29) is 30.6 Å². The lowest BCUT2D eigenvalue weighted by atomic mass is 10.1. The molecular formula is C22H34F3N5O4S. The van der Waals surface area contributed by atoms with Crippen molar-refractivity contribution in [1.82, 2.24) is 14.1 Å². The van der Waals surface area contributed by atoms with Crippen molar-refractivity contribution in [2.45, 2.75) is 44.8 Å². The van der Waals surface area contributed by atoms with Gasteiger partial charge in [0.2, 0.25) is 10.0 Å². The van der Waals surface area contributed by atoms with E-state index >= 15 is 0 Å². The van der Waals surface area contributed by atoms with Crippen LogP contribution in [-0.2, 0) is 16.2 Å². The van der Waals surface area contributed by atoms with Crippen LogP contribution in [-0.4, -0.2) is 91.6 Å². The first-order valence-electron chi connectivity index (χ1n) is 12.0. The normalized spacial score (nSPS) is 19.7. The van der Waals surface area contributed by atoms with Crippen LogP contribution in [0.2, 0.25) is 0 Å². The van der Waals surface area contributed by atoms with Crippen LogP contribution < -0.4 is 5.32 Å². The van der Waals surface area contributed by atoms with E-state index in [0.717, 1.165) is 51.3 Å². The van der Waals surface area contributed by atoms with Crippen molar-refractivity contribution in [2.24, 2.45) is 0 Å². The average molecular weight is 522 g/mol. The number of nitro groups is 1. The van der Waals surface area contributed by atoms with Crippen LogP contribution in [0.5, 0.6) is 0 Å². The van der Waals surface area contributed by atoms with Gasteiger partial charge in [-0.3, -0.25) is 15.0 Å². The fraction of sp³-hybridized carbons (Fsp3) is 0.727. The summed E-state index contributed by atoms with van der Waals surface area (Å²) in [5.41, 5.74) is -2.17. The van der Waals surface area contributed by atoms with Crippen molar-refractivity contribution < 1.29 is 26.5 Å². The van der Waals surface area contributed by atoms with Crippen molar-refractivity contribution in [3.05, 3.63) is 33.9 Å². The Bertz CT molecular complexity index is 960. The molecule has 198 valence electrons. The minimum atomic E-state index is -4.85. The molecule has 0 aliphatic carbocycles. The molecule has 0 unspecified atom stereocenters. The molecule has 2 aliphatic rings. The van der Waals surface area contributed by atoms with Gasteiger partial charge in [0.25, 0.3) is 5.69 Å². The van der Waals surface area contributed by atoms with E-state index in [1.54, 1.807) is 0 Å². The topological polar surface area (TPSA) is 99.0 Å². The van der Waals surface area contributed by atoms with E-state index in [1.807, 2.05) is 0 Å². The number of halogens is 3. The molecular weight excluding hydrogens is 487 g/mol. The van der Waals surface area contributed by atoms with Crippen molar-refractivity contribution in [1.29, 1.82) is 0 Å². The van der Waals surface area contributed by atoms with Crippen molar-refractivity contribution in [2.75, 3.05) is 63.4 Å². The molecule has 35 heavy (non-hydrogen) atoms. The minimum Gasteiger partial charge on any atom is -0.382 e. The summed E-state index contributed by atoms with van der Waals surface area (Å²) < 4.78 is 66.8. The van der Waals surface area contributed by atoms with E-state index < -0.39 is 32.4 Å². The molecule has 13 heteroatoms. The lowest BCUT2D eigenvalue weighted by Crippen LogP contribution is -2.49. The van der Waals surface area contributed by atoms with Gasteiger partial charge in [0.1, 0.15) is 5.56 Å². The van der Waals surface area contributed by atoms with Gasteiger partial charge in [-0.2, -0.15) is 13.2 Å².